The van der Waals surface area contributed by atoms with Gasteiger partial charge in [-0.15, -0.1) is 5.10 Å². The summed E-state index contributed by atoms with van der Waals surface area (Å²) in [6.45, 7) is 0.209. The molecule has 3 rings (SSSR count). The van der Waals surface area contributed by atoms with Crippen molar-refractivity contribution in [2.75, 3.05) is 7.11 Å². The van der Waals surface area contributed by atoms with Crippen LogP contribution in [0.4, 0.5) is 0 Å². The third-order valence-electron chi connectivity index (χ3n) is 3.42. The molecule has 0 unspecified atom stereocenters. The molecular formula is C16H14N4O3. The fraction of sp³-hybridized carbons (Fsp3) is 0.125. The van der Waals surface area contributed by atoms with E-state index in [4.69, 9.17) is 4.74 Å². The Labute approximate surface area is 132 Å². The van der Waals surface area contributed by atoms with E-state index < -0.39 is 0 Å². The van der Waals surface area contributed by atoms with Crippen molar-refractivity contribution in [1.82, 2.24) is 20.2 Å². The second-order valence-corrected chi connectivity index (χ2v) is 4.87. The van der Waals surface area contributed by atoms with Crippen LogP contribution in [0.3, 0.4) is 0 Å². The number of phenols is 1. The standard InChI is InChI=1S/C16H14N4O3/c1-23-14-8-11(10-21)7-13(15(14)22)9-20-16(17-18-19-20)12-5-3-2-4-6-12/h2-8,10,22H,9H2,1H3. The van der Waals surface area contributed by atoms with E-state index in [9.17, 15) is 9.90 Å². The maximum Gasteiger partial charge on any atom is 0.182 e. The van der Waals surface area contributed by atoms with Crippen LogP contribution in [0, 0.1) is 0 Å². The first-order valence-corrected chi connectivity index (χ1v) is 6.89. The number of aromatic nitrogens is 4. The number of rotatable bonds is 5. The van der Waals surface area contributed by atoms with Crippen LogP contribution >= 0.6 is 0 Å². The Hall–Kier alpha value is -3.22. The molecule has 1 N–H and O–H groups in total. The molecule has 0 radical (unpaired) electrons. The van der Waals surface area contributed by atoms with Crippen molar-refractivity contribution in [2.24, 2.45) is 0 Å². The van der Waals surface area contributed by atoms with E-state index in [2.05, 4.69) is 15.5 Å². The zero-order valence-electron chi connectivity index (χ0n) is 12.4. The molecule has 1 heterocycles. The first-order chi connectivity index (χ1) is 11.2. The highest BCUT2D eigenvalue weighted by Gasteiger charge is 2.15. The molecule has 0 saturated carbocycles. The van der Waals surface area contributed by atoms with Crippen molar-refractivity contribution in [2.45, 2.75) is 6.54 Å². The molecule has 0 aliphatic carbocycles. The van der Waals surface area contributed by atoms with Crippen molar-refractivity contribution in [3.05, 3.63) is 53.6 Å². The van der Waals surface area contributed by atoms with Crippen LogP contribution in [-0.2, 0) is 6.54 Å². The zero-order valence-corrected chi connectivity index (χ0v) is 12.4. The second kappa shape index (κ2) is 6.27. The van der Waals surface area contributed by atoms with Gasteiger partial charge in [0, 0.05) is 16.7 Å². The van der Waals surface area contributed by atoms with Gasteiger partial charge in [-0.05, 0) is 22.6 Å². The van der Waals surface area contributed by atoms with E-state index in [0.29, 0.717) is 23.2 Å². The summed E-state index contributed by atoms with van der Waals surface area (Å²) in [5.74, 6) is 0.770. The Morgan fingerprint density at radius 3 is 2.74 bits per heavy atom. The van der Waals surface area contributed by atoms with Crippen LogP contribution in [0.5, 0.6) is 11.5 Å². The highest BCUT2D eigenvalue weighted by molar-refractivity contribution is 5.77. The van der Waals surface area contributed by atoms with Crippen LogP contribution in [0.2, 0.25) is 0 Å². The lowest BCUT2D eigenvalue weighted by Gasteiger charge is -2.11. The summed E-state index contributed by atoms with van der Waals surface area (Å²) in [6.07, 6.45) is 0.698. The molecule has 0 fully saturated rings. The molecule has 23 heavy (non-hydrogen) atoms. The molecule has 3 aromatic rings. The van der Waals surface area contributed by atoms with Crippen molar-refractivity contribution < 1.29 is 14.6 Å². The minimum Gasteiger partial charge on any atom is -0.504 e. The molecule has 7 heteroatoms. The maximum atomic E-state index is 11.0. The monoisotopic (exact) mass is 310 g/mol. The lowest BCUT2D eigenvalue weighted by Crippen LogP contribution is -2.06. The van der Waals surface area contributed by atoms with E-state index in [1.807, 2.05) is 30.3 Å². The van der Waals surface area contributed by atoms with Gasteiger partial charge in [0.1, 0.15) is 6.29 Å². The van der Waals surface area contributed by atoms with Crippen LogP contribution in [-0.4, -0.2) is 38.7 Å². The lowest BCUT2D eigenvalue weighted by atomic mass is 10.1. The average molecular weight is 310 g/mol. The molecule has 0 bridgehead atoms. The molecular weight excluding hydrogens is 296 g/mol. The number of methoxy groups -OCH3 is 1. The summed E-state index contributed by atoms with van der Waals surface area (Å²) in [4.78, 5) is 11.0. The largest absolute Gasteiger partial charge is 0.504 e. The Morgan fingerprint density at radius 2 is 2.04 bits per heavy atom. The number of aromatic hydroxyl groups is 1. The van der Waals surface area contributed by atoms with Gasteiger partial charge in [-0.1, -0.05) is 30.3 Å². The van der Waals surface area contributed by atoms with Gasteiger partial charge in [-0.2, -0.15) is 0 Å². The quantitative estimate of drug-likeness (QED) is 0.724. The fourth-order valence-electron chi connectivity index (χ4n) is 2.30. The van der Waals surface area contributed by atoms with Crippen LogP contribution in [0.15, 0.2) is 42.5 Å². The van der Waals surface area contributed by atoms with Crippen LogP contribution < -0.4 is 4.74 Å². The molecule has 0 saturated heterocycles. The minimum absolute atomic E-state index is 0.0346. The van der Waals surface area contributed by atoms with E-state index in [0.717, 1.165) is 5.56 Å². The maximum absolute atomic E-state index is 11.0. The first-order valence-electron chi connectivity index (χ1n) is 6.89. The van der Waals surface area contributed by atoms with E-state index in [1.54, 1.807) is 10.7 Å². The number of tetrazole rings is 1. The summed E-state index contributed by atoms with van der Waals surface area (Å²) in [7, 11) is 1.43. The number of nitrogens with zero attached hydrogens (tertiary/aromatic N) is 4. The molecule has 0 amide bonds. The highest BCUT2D eigenvalue weighted by atomic mass is 16.5. The SMILES string of the molecule is COc1cc(C=O)cc(Cn2nnnc2-c2ccccc2)c1O. The molecule has 7 nitrogen and oxygen atoms in total. The van der Waals surface area contributed by atoms with Gasteiger partial charge in [-0.3, -0.25) is 4.79 Å². The molecule has 0 spiro atoms. The molecule has 0 aliphatic rings. The second-order valence-electron chi connectivity index (χ2n) is 4.87. The van der Waals surface area contributed by atoms with Crippen molar-refractivity contribution in [3.63, 3.8) is 0 Å². The van der Waals surface area contributed by atoms with E-state index in [1.165, 1.54) is 13.2 Å². The van der Waals surface area contributed by atoms with Crippen molar-refractivity contribution in [3.8, 4) is 22.9 Å². The van der Waals surface area contributed by atoms with Gasteiger partial charge in [0.25, 0.3) is 0 Å². The van der Waals surface area contributed by atoms with Gasteiger partial charge in [0.05, 0.1) is 13.7 Å². The Kier molecular flexibility index (Phi) is 4.01. The third kappa shape index (κ3) is 2.89. The lowest BCUT2D eigenvalue weighted by molar-refractivity contribution is 0.112. The number of ether oxygens (including phenoxy) is 1. The number of aldehydes is 1. The predicted octanol–water partition coefficient (Wildman–Crippen LogP) is 1.92. The average Bonchev–Trinajstić information content (AvgIpc) is 3.05. The van der Waals surface area contributed by atoms with E-state index in [-0.39, 0.29) is 18.0 Å². The number of hydrogen-bond donors (Lipinski definition) is 1. The number of hydrogen-bond acceptors (Lipinski definition) is 6. The van der Waals surface area contributed by atoms with Crippen molar-refractivity contribution >= 4 is 6.29 Å². The molecule has 116 valence electrons. The zero-order chi connectivity index (χ0) is 16.2. The smallest absolute Gasteiger partial charge is 0.182 e. The Morgan fingerprint density at radius 1 is 1.26 bits per heavy atom. The van der Waals surface area contributed by atoms with Gasteiger partial charge in [0.2, 0.25) is 0 Å². The summed E-state index contributed by atoms with van der Waals surface area (Å²) in [5, 5.41) is 21.9. The van der Waals surface area contributed by atoms with Crippen LogP contribution in [0.25, 0.3) is 11.4 Å². The van der Waals surface area contributed by atoms with Gasteiger partial charge >= 0.3 is 0 Å². The summed E-state index contributed by atoms with van der Waals surface area (Å²) >= 11 is 0. The normalized spacial score (nSPS) is 10.5. The number of benzene rings is 2. The van der Waals surface area contributed by atoms with Crippen molar-refractivity contribution in [1.29, 1.82) is 0 Å². The first kappa shape index (κ1) is 14.7. The predicted molar refractivity (Wildman–Crippen MR) is 82.4 cm³/mol. The molecule has 2 aromatic carbocycles. The summed E-state index contributed by atoms with van der Waals surface area (Å²) in [5.41, 5.74) is 1.76. The summed E-state index contributed by atoms with van der Waals surface area (Å²) in [6, 6.07) is 12.5. The Balaban J connectivity index is 2.01. The Bertz CT molecular complexity index is 831. The molecule has 0 aliphatic heterocycles. The van der Waals surface area contributed by atoms with Gasteiger partial charge in [-0.25, -0.2) is 4.68 Å². The fourth-order valence-corrected chi connectivity index (χ4v) is 2.30. The van der Waals surface area contributed by atoms with Crippen LogP contribution in [0.1, 0.15) is 15.9 Å². The van der Waals surface area contributed by atoms with E-state index >= 15 is 0 Å². The number of carbonyl (C=O) groups is 1. The third-order valence-corrected chi connectivity index (χ3v) is 3.42. The number of phenolic OH excluding ortho intramolecular Hbond substituents is 1. The van der Waals surface area contributed by atoms with Gasteiger partial charge in [0.15, 0.2) is 17.3 Å². The molecule has 1 aromatic heterocycles. The molecule has 0 atom stereocenters. The summed E-state index contributed by atoms with van der Waals surface area (Å²) < 4.78 is 6.65. The highest BCUT2D eigenvalue weighted by Crippen LogP contribution is 2.32. The topological polar surface area (TPSA) is 90.1 Å². The minimum atomic E-state index is -0.0346. The van der Waals surface area contributed by atoms with Gasteiger partial charge < -0.3 is 9.84 Å². The number of carbonyl (C=O) groups excluding carboxylic acids is 1.